The van der Waals surface area contributed by atoms with E-state index in [2.05, 4.69) is 16.3 Å². The Morgan fingerprint density at radius 1 is 1.35 bits per heavy atom. The van der Waals surface area contributed by atoms with Gasteiger partial charge in [0.25, 0.3) is 0 Å². The highest BCUT2D eigenvalue weighted by Gasteiger charge is 2.23. The van der Waals surface area contributed by atoms with Gasteiger partial charge in [-0.05, 0) is 23.8 Å². The number of piperazine rings is 1. The van der Waals surface area contributed by atoms with Gasteiger partial charge in [0.15, 0.2) is 0 Å². The molecule has 112 valence electrons. The molecule has 1 aromatic carbocycles. The van der Waals surface area contributed by atoms with Crippen molar-refractivity contribution in [3.8, 4) is 6.07 Å². The van der Waals surface area contributed by atoms with Crippen LogP contribution in [-0.4, -0.2) is 31.1 Å². The van der Waals surface area contributed by atoms with Crippen LogP contribution in [0.5, 0.6) is 0 Å². The van der Waals surface area contributed by atoms with Gasteiger partial charge in [-0.25, -0.2) is 0 Å². The quantitative estimate of drug-likeness (QED) is 0.832. The van der Waals surface area contributed by atoms with Gasteiger partial charge in [0.2, 0.25) is 0 Å². The maximum absolute atomic E-state index is 9.02. The zero-order valence-corrected chi connectivity index (χ0v) is 13.4. The molecule has 1 heterocycles. The summed E-state index contributed by atoms with van der Waals surface area (Å²) < 4.78 is 0. The topological polar surface area (TPSA) is 65.1 Å². The number of nitrogens with one attached hydrogen (secondary N) is 1. The molecule has 0 aromatic heterocycles. The third kappa shape index (κ3) is 4.69. The number of benzene rings is 1. The minimum Gasteiger partial charge on any atom is -0.398 e. The Morgan fingerprint density at radius 2 is 2.00 bits per heavy atom. The second-order valence-electron chi connectivity index (χ2n) is 4.44. The first-order chi connectivity index (χ1) is 8.72. The molecular weight excluding hydrogens is 319 g/mol. The van der Waals surface area contributed by atoms with Crippen LogP contribution in [0, 0.1) is 11.3 Å². The lowest BCUT2D eigenvalue weighted by Crippen LogP contribution is -2.45. The van der Waals surface area contributed by atoms with Crippen LogP contribution in [0.25, 0.3) is 0 Å². The van der Waals surface area contributed by atoms with E-state index >= 15 is 0 Å². The first-order valence-electron chi connectivity index (χ1n) is 6.09. The molecule has 2 rings (SSSR count). The molecule has 1 aromatic rings. The molecule has 0 amide bonds. The average molecular weight is 338 g/mol. The molecule has 20 heavy (non-hydrogen) atoms. The summed E-state index contributed by atoms with van der Waals surface area (Å²) in [5.41, 5.74) is 7.69. The van der Waals surface area contributed by atoms with Crippen LogP contribution in [-0.2, 0) is 0 Å². The second-order valence-corrected chi connectivity index (χ2v) is 4.87. The summed E-state index contributed by atoms with van der Waals surface area (Å²) in [5, 5.41) is 13.0. The zero-order valence-electron chi connectivity index (χ0n) is 11.0. The van der Waals surface area contributed by atoms with Crippen LogP contribution in [0.2, 0.25) is 5.02 Å². The van der Waals surface area contributed by atoms with E-state index in [1.54, 1.807) is 6.07 Å². The Bertz CT molecular complexity index is 455. The summed E-state index contributed by atoms with van der Waals surface area (Å²) in [5.74, 6) is 0. The predicted molar refractivity (Wildman–Crippen MR) is 87.8 cm³/mol. The fourth-order valence-corrected chi connectivity index (χ4v) is 2.53. The minimum atomic E-state index is 0. The van der Waals surface area contributed by atoms with Gasteiger partial charge in [-0.15, -0.1) is 24.8 Å². The van der Waals surface area contributed by atoms with E-state index in [1.165, 1.54) is 0 Å². The maximum Gasteiger partial charge on any atom is 0.0641 e. The molecule has 0 aliphatic carbocycles. The lowest BCUT2D eigenvalue weighted by atomic mass is 10.00. The summed E-state index contributed by atoms with van der Waals surface area (Å²) >= 11 is 6.03. The normalized spacial score (nSPS) is 16.4. The van der Waals surface area contributed by atoms with Crippen molar-refractivity contribution >= 4 is 42.1 Å². The number of rotatable bonds is 3. The van der Waals surface area contributed by atoms with E-state index in [0.29, 0.717) is 17.1 Å². The van der Waals surface area contributed by atoms with Gasteiger partial charge in [-0.1, -0.05) is 11.6 Å². The van der Waals surface area contributed by atoms with Gasteiger partial charge in [0.05, 0.1) is 12.5 Å². The Hall–Kier alpha value is -0.700. The maximum atomic E-state index is 9.02. The number of hydrogen-bond acceptors (Lipinski definition) is 4. The first kappa shape index (κ1) is 19.3. The van der Waals surface area contributed by atoms with Crippen molar-refractivity contribution in [1.29, 1.82) is 5.26 Å². The van der Waals surface area contributed by atoms with Gasteiger partial charge in [-0.2, -0.15) is 5.26 Å². The van der Waals surface area contributed by atoms with Gasteiger partial charge in [0.1, 0.15) is 0 Å². The fourth-order valence-electron chi connectivity index (χ4n) is 2.35. The second kappa shape index (κ2) is 9.28. The molecule has 0 saturated carbocycles. The van der Waals surface area contributed by atoms with Crippen molar-refractivity contribution in [2.75, 3.05) is 31.9 Å². The standard InChI is InChI=1S/C13H17ClN4.2ClH/c14-10-1-2-12(16)11(9-10)13(3-4-15)18-7-5-17-6-8-18;;/h1-2,9,13,17H,3,5-8,16H2;2*1H/t13-;;/m0../s1. The summed E-state index contributed by atoms with van der Waals surface area (Å²) in [6.07, 6.45) is 0.435. The third-order valence-electron chi connectivity index (χ3n) is 3.28. The van der Waals surface area contributed by atoms with E-state index < -0.39 is 0 Å². The molecule has 1 atom stereocenters. The van der Waals surface area contributed by atoms with Crippen molar-refractivity contribution in [1.82, 2.24) is 10.2 Å². The highest BCUT2D eigenvalue weighted by atomic mass is 35.5. The molecule has 0 radical (unpaired) electrons. The molecule has 7 heteroatoms. The summed E-state index contributed by atoms with van der Waals surface area (Å²) in [4.78, 5) is 2.29. The van der Waals surface area contributed by atoms with Crippen molar-refractivity contribution < 1.29 is 0 Å². The van der Waals surface area contributed by atoms with Crippen molar-refractivity contribution in [3.63, 3.8) is 0 Å². The largest absolute Gasteiger partial charge is 0.398 e. The molecule has 1 fully saturated rings. The van der Waals surface area contributed by atoms with Gasteiger partial charge in [-0.3, -0.25) is 4.90 Å². The van der Waals surface area contributed by atoms with Crippen LogP contribution in [0.3, 0.4) is 0 Å². The minimum absolute atomic E-state index is 0. The summed E-state index contributed by atoms with van der Waals surface area (Å²) in [6, 6.07) is 7.75. The molecular formula is C13H19Cl3N4. The number of nitrogens with two attached hydrogens (primary N) is 1. The summed E-state index contributed by atoms with van der Waals surface area (Å²) in [7, 11) is 0. The molecule has 0 spiro atoms. The molecule has 3 N–H and O–H groups in total. The number of anilines is 1. The van der Waals surface area contributed by atoms with E-state index in [-0.39, 0.29) is 30.9 Å². The third-order valence-corrected chi connectivity index (χ3v) is 3.52. The van der Waals surface area contributed by atoms with Crippen LogP contribution in [0.1, 0.15) is 18.0 Å². The average Bonchev–Trinajstić information content (AvgIpc) is 2.40. The number of nitrogens with zero attached hydrogens (tertiary/aromatic N) is 2. The molecule has 0 bridgehead atoms. The number of halogens is 3. The lowest BCUT2D eigenvalue weighted by Gasteiger charge is -2.34. The highest BCUT2D eigenvalue weighted by molar-refractivity contribution is 6.30. The molecule has 1 aliphatic rings. The number of hydrogen-bond donors (Lipinski definition) is 2. The van der Waals surface area contributed by atoms with Gasteiger partial charge in [0, 0.05) is 42.9 Å². The first-order valence-corrected chi connectivity index (χ1v) is 6.47. The Labute approximate surface area is 137 Å². The highest BCUT2D eigenvalue weighted by Crippen LogP contribution is 2.31. The van der Waals surface area contributed by atoms with Gasteiger partial charge < -0.3 is 11.1 Å². The van der Waals surface area contributed by atoms with Crippen molar-refractivity contribution in [3.05, 3.63) is 28.8 Å². The van der Waals surface area contributed by atoms with Crippen LogP contribution in [0.15, 0.2) is 18.2 Å². The number of nitrogen functional groups attached to an aromatic ring is 1. The molecule has 0 unspecified atom stereocenters. The Kier molecular flexibility index (Phi) is 8.95. The van der Waals surface area contributed by atoms with Crippen LogP contribution in [0.4, 0.5) is 5.69 Å². The predicted octanol–water partition coefficient (Wildman–Crippen LogP) is 2.63. The van der Waals surface area contributed by atoms with Gasteiger partial charge >= 0.3 is 0 Å². The number of nitriles is 1. The zero-order chi connectivity index (χ0) is 13.0. The van der Waals surface area contributed by atoms with Crippen molar-refractivity contribution in [2.24, 2.45) is 0 Å². The van der Waals surface area contributed by atoms with E-state index in [1.807, 2.05) is 12.1 Å². The van der Waals surface area contributed by atoms with E-state index in [4.69, 9.17) is 22.6 Å². The fraction of sp³-hybridized carbons (Fsp3) is 0.462. The Balaban J connectivity index is 0.00000180. The lowest BCUT2D eigenvalue weighted by molar-refractivity contribution is 0.176. The monoisotopic (exact) mass is 336 g/mol. The van der Waals surface area contributed by atoms with Crippen molar-refractivity contribution in [2.45, 2.75) is 12.5 Å². The van der Waals surface area contributed by atoms with E-state index in [9.17, 15) is 0 Å². The molecule has 1 aliphatic heterocycles. The van der Waals surface area contributed by atoms with Crippen LogP contribution < -0.4 is 11.1 Å². The Morgan fingerprint density at radius 3 is 2.60 bits per heavy atom. The van der Waals surface area contributed by atoms with E-state index in [0.717, 1.165) is 31.7 Å². The molecule has 1 saturated heterocycles. The summed E-state index contributed by atoms with van der Waals surface area (Å²) in [6.45, 7) is 3.75. The SMILES string of the molecule is Cl.Cl.N#CC[C@@H](c1cc(Cl)ccc1N)N1CCNCC1. The molecule has 4 nitrogen and oxygen atoms in total. The smallest absolute Gasteiger partial charge is 0.0641 e. The van der Waals surface area contributed by atoms with Crippen LogP contribution >= 0.6 is 36.4 Å².